The molecule has 0 aromatic rings. The Morgan fingerprint density at radius 1 is 1.08 bits per heavy atom. The van der Waals surface area contributed by atoms with Crippen LogP contribution in [-0.2, 0) is 17.4 Å². The molecule has 0 aliphatic heterocycles. The van der Waals surface area contributed by atoms with Crippen LogP contribution in [0.25, 0.3) is 0 Å². The number of Topliss-reactive ketones (excluding diaryl/α,β-unsaturated/α-hetero) is 1. The lowest BCUT2D eigenvalue weighted by molar-refractivity contribution is -0.131. The van der Waals surface area contributed by atoms with Crippen molar-refractivity contribution in [2.45, 2.75) is 64.8 Å². The summed E-state index contributed by atoms with van der Waals surface area (Å²) in [5, 5.41) is 3.01. The Morgan fingerprint density at radius 3 is 2.24 bits per heavy atom. The highest BCUT2D eigenvalue weighted by Gasteiger charge is 2.35. The van der Waals surface area contributed by atoms with Gasteiger partial charge in [0, 0.05) is 30.9 Å². The predicted octanol–water partition coefficient (Wildman–Crippen LogP) is 3.69. The number of hydrogen-bond acceptors (Lipinski definition) is 4. The first kappa shape index (κ1) is 21.1. The molecule has 0 radical (unpaired) electrons. The molecule has 2 aliphatic rings. The fraction of sp³-hybridized carbons (Fsp3) is 0.895. The van der Waals surface area contributed by atoms with Crippen molar-refractivity contribution in [3.63, 3.8) is 0 Å². The van der Waals surface area contributed by atoms with Gasteiger partial charge < -0.3 is 13.1 Å². The number of carbonyl (C=O) groups is 2. The quantitative estimate of drug-likeness (QED) is 0.395. The van der Waals surface area contributed by atoms with Crippen molar-refractivity contribution in [3.05, 3.63) is 0 Å². The van der Waals surface area contributed by atoms with Gasteiger partial charge in [0.1, 0.15) is 28.8 Å². The van der Waals surface area contributed by atoms with E-state index >= 15 is 0 Å². The molecular formula is C19H32INO4. The average molecular weight is 465 g/mol. The molecule has 0 bridgehead atoms. The Bertz CT molecular complexity index is 429. The van der Waals surface area contributed by atoms with E-state index in [1.165, 1.54) is 25.7 Å². The molecule has 2 saturated carbocycles. The molecule has 5 nitrogen and oxygen atoms in total. The molecule has 0 aromatic carbocycles. The van der Waals surface area contributed by atoms with E-state index in [-0.39, 0.29) is 23.8 Å². The Labute approximate surface area is 165 Å². The predicted molar refractivity (Wildman–Crippen MR) is 105 cm³/mol. The first-order chi connectivity index (χ1) is 12.0. The number of ether oxygens (including phenoxy) is 1. The SMILES string of the molecule is CC(C)C(=O)C1CC(NC(=O)CCOCC2CCC(COI)CC2)C1. The lowest BCUT2D eigenvalue weighted by Gasteiger charge is -2.35. The van der Waals surface area contributed by atoms with Gasteiger partial charge in [-0.1, -0.05) is 13.8 Å². The van der Waals surface area contributed by atoms with Gasteiger partial charge in [0.15, 0.2) is 0 Å². The highest BCUT2D eigenvalue weighted by atomic mass is 127. The van der Waals surface area contributed by atoms with Crippen molar-refractivity contribution < 1.29 is 17.4 Å². The summed E-state index contributed by atoms with van der Waals surface area (Å²) in [4.78, 5) is 23.8. The third-order valence-electron chi connectivity index (χ3n) is 5.57. The zero-order valence-electron chi connectivity index (χ0n) is 15.5. The van der Waals surface area contributed by atoms with Crippen LogP contribution in [0.4, 0.5) is 0 Å². The Morgan fingerprint density at radius 2 is 1.68 bits per heavy atom. The highest BCUT2D eigenvalue weighted by Crippen LogP contribution is 2.31. The zero-order valence-corrected chi connectivity index (χ0v) is 17.6. The molecule has 25 heavy (non-hydrogen) atoms. The van der Waals surface area contributed by atoms with Crippen LogP contribution in [0.15, 0.2) is 0 Å². The third-order valence-corrected chi connectivity index (χ3v) is 5.93. The number of halogens is 1. The van der Waals surface area contributed by atoms with Crippen LogP contribution in [-0.4, -0.2) is 37.6 Å². The molecule has 2 aliphatic carbocycles. The number of ketones is 1. The minimum Gasteiger partial charge on any atom is -0.381 e. The van der Waals surface area contributed by atoms with E-state index in [2.05, 4.69) is 5.32 Å². The Kier molecular flexibility index (Phi) is 9.13. The Balaban J connectivity index is 1.48. The molecule has 0 saturated heterocycles. The van der Waals surface area contributed by atoms with E-state index in [0.717, 1.165) is 26.1 Å². The summed E-state index contributed by atoms with van der Waals surface area (Å²) < 4.78 is 10.9. The summed E-state index contributed by atoms with van der Waals surface area (Å²) in [5.74, 6) is 1.95. The van der Waals surface area contributed by atoms with Crippen LogP contribution in [0, 0.1) is 23.7 Å². The molecule has 0 heterocycles. The van der Waals surface area contributed by atoms with Gasteiger partial charge in [0.05, 0.1) is 13.2 Å². The summed E-state index contributed by atoms with van der Waals surface area (Å²) in [6.45, 7) is 5.99. The van der Waals surface area contributed by atoms with Crippen LogP contribution in [0.1, 0.15) is 58.8 Å². The van der Waals surface area contributed by atoms with Crippen LogP contribution >= 0.6 is 23.0 Å². The smallest absolute Gasteiger partial charge is 0.222 e. The van der Waals surface area contributed by atoms with Gasteiger partial charge in [-0.3, -0.25) is 9.59 Å². The van der Waals surface area contributed by atoms with Crippen molar-refractivity contribution in [1.82, 2.24) is 5.32 Å². The first-order valence-electron chi connectivity index (χ1n) is 9.64. The third kappa shape index (κ3) is 7.13. The van der Waals surface area contributed by atoms with E-state index in [4.69, 9.17) is 7.80 Å². The van der Waals surface area contributed by atoms with Crippen molar-refractivity contribution in [3.8, 4) is 0 Å². The fourth-order valence-electron chi connectivity index (χ4n) is 3.81. The number of hydrogen-bond donors (Lipinski definition) is 1. The molecule has 0 spiro atoms. The first-order valence-corrected chi connectivity index (χ1v) is 10.5. The van der Waals surface area contributed by atoms with E-state index in [1.807, 2.05) is 36.9 Å². The second kappa shape index (κ2) is 10.8. The largest absolute Gasteiger partial charge is 0.381 e. The van der Waals surface area contributed by atoms with Gasteiger partial charge in [0.2, 0.25) is 5.91 Å². The summed E-state index contributed by atoms with van der Waals surface area (Å²) in [6, 6.07) is 0.176. The molecule has 6 heteroatoms. The minimum atomic E-state index is 0.0448. The van der Waals surface area contributed by atoms with Crippen molar-refractivity contribution in [1.29, 1.82) is 0 Å². The van der Waals surface area contributed by atoms with Gasteiger partial charge >= 0.3 is 0 Å². The van der Waals surface area contributed by atoms with Gasteiger partial charge in [-0.15, -0.1) is 0 Å². The highest BCUT2D eigenvalue weighted by molar-refractivity contribution is 14.1. The topological polar surface area (TPSA) is 64.6 Å². The second-order valence-corrected chi connectivity index (χ2v) is 8.60. The standard InChI is InChI=1S/C19H32INO4/c1-13(2)19(23)16-9-17(10-16)21-18(22)7-8-24-11-14-3-5-15(6-4-14)12-25-20/h13-17H,3-12H2,1-2H3,(H,21,22). The van der Waals surface area contributed by atoms with E-state index in [9.17, 15) is 9.59 Å². The zero-order chi connectivity index (χ0) is 18.2. The minimum absolute atomic E-state index is 0.0448. The Hall–Kier alpha value is -0.210. The molecule has 2 rings (SSSR count). The van der Waals surface area contributed by atoms with Crippen molar-refractivity contribution in [2.24, 2.45) is 23.7 Å². The number of amides is 1. The van der Waals surface area contributed by atoms with E-state index in [1.54, 1.807) is 0 Å². The maximum atomic E-state index is 11.9. The summed E-state index contributed by atoms with van der Waals surface area (Å²) in [6.07, 6.45) is 6.85. The van der Waals surface area contributed by atoms with Crippen LogP contribution in [0.5, 0.6) is 0 Å². The fourth-order valence-corrected chi connectivity index (χ4v) is 4.32. The maximum Gasteiger partial charge on any atom is 0.222 e. The van der Waals surface area contributed by atoms with Crippen LogP contribution in [0.2, 0.25) is 0 Å². The average Bonchev–Trinajstić information content (AvgIpc) is 2.55. The lowest BCUT2D eigenvalue weighted by Crippen LogP contribution is -2.47. The molecular weight excluding hydrogens is 433 g/mol. The number of nitrogens with one attached hydrogen (secondary N) is 1. The van der Waals surface area contributed by atoms with E-state index < -0.39 is 0 Å². The summed E-state index contributed by atoms with van der Waals surface area (Å²) in [5.41, 5.74) is 0. The molecule has 1 amide bonds. The van der Waals surface area contributed by atoms with Crippen LogP contribution in [0.3, 0.4) is 0 Å². The molecule has 144 valence electrons. The van der Waals surface area contributed by atoms with Gasteiger partial charge in [-0.25, -0.2) is 0 Å². The molecule has 1 N–H and O–H groups in total. The lowest BCUT2D eigenvalue weighted by atomic mass is 9.75. The molecule has 0 aromatic heterocycles. The number of carbonyl (C=O) groups excluding carboxylic acids is 2. The summed E-state index contributed by atoms with van der Waals surface area (Å²) >= 11 is 1.97. The molecule has 2 fully saturated rings. The van der Waals surface area contributed by atoms with Crippen molar-refractivity contribution in [2.75, 3.05) is 19.8 Å². The maximum absolute atomic E-state index is 11.9. The monoisotopic (exact) mass is 465 g/mol. The van der Waals surface area contributed by atoms with Gasteiger partial charge in [-0.05, 0) is 50.4 Å². The number of rotatable bonds is 10. The van der Waals surface area contributed by atoms with Crippen molar-refractivity contribution >= 4 is 34.7 Å². The summed E-state index contributed by atoms with van der Waals surface area (Å²) in [7, 11) is 0. The van der Waals surface area contributed by atoms with Gasteiger partial charge in [0.25, 0.3) is 0 Å². The van der Waals surface area contributed by atoms with Gasteiger partial charge in [-0.2, -0.15) is 0 Å². The molecule has 0 atom stereocenters. The van der Waals surface area contributed by atoms with Crippen LogP contribution < -0.4 is 5.32 Å². The molecule has 0 unspecified atom stereocenters. The second-order valence-electron chi connectivity index (χ2n) is 7.98. The normalized spacial score (nSPS) is 29.3. The van der Waals surface area contributed by atoms with E-state index in [0.29, 0.717) is 30.6 Å².